The van der Waals surface area contributed by atoms with Crippen LogP contribution in [-0.2, 0) is 126 Å². The lowest BCUT2D eigenvalue weighted by Crippen LogP contribution is -2.62. The number of nitrogens with two attached hydrogens (primary N) is 1. The number of imidazole rings is 1. The molecular formula is C94H128N22O24S2. The van der Waals surface area contributed by atoms with Gasteiger partial charge in [0, 0.05) is 123 Å². The van der Waals surface area contributed by atoms with E-state index in [0.717, 1.165) is 28.5 Å². The third-order valence-electron chi connectivity index (χ3n) is 23.7. The highest BCUT2D eigenvalue weighted by Crippen LogP contribution is 2.27. The van der Waals surface area contributed by atoms with Crippen molar-refractivity contribution in [3.05, 3.63) is 126 Å². The molecule has 2 fully saturated rings. The number of carboxylic acid groups (broad SMARTS) is 3. The van der Waals surface area contributed by atoms with Crippen LogP contribution in [0.3, 0.4) is 0 Å². The summed E-state index contributed by atoms with van der Waals surface area (Å²) in [6.07, 6.45) is -1.36. The Labute approximate surface area is 825 Å². The number of aromatic amines is 3. The van der Waals surface area contributed by atoms with E-state index in [-0.39, 0.29) is 88.4 Å². The molecule has 0 aliphatic carbocycles. The van der Waals surface area contributed by atoms with E-state index in [1.165, 1.54) is 32.6 Å². The number of hydrogen-bond donors (Lipinski definition) is 24. The molecule has 2 bridgehead atoms. The van der Waals surface area contributed by atoms with Gasteiger partial charge >= 0.3 is 17.9 Å². The van der Waals surface area contributed by atoms with E-state index in [2.05, 4.69) is 110 Å². The Bertz CT molecular complexity index is 5470. The van der Waals surface area contributed by atoms with E-state index in [4.69, 9.17) is 5.73 Å². The van der Waals surface area contributed by atoms with Crippen molar-refractivity contribution < 1.29 is 116 Å². The third kappa shape index (κ3) is 36.3. The first-order valence-corrected chi connectivity index (χ1v) is 49.4. The number of nitrogens with one attached hydrogen (secondary N) is 20. The summed E-state index contributed by atoms with van der Waals surface area (Å²) in [7, 11) is 1.49. The average molecular weight is 2010 g/mol. The lowest BCUT2D eigenvalue weighted by Gasteiger charge is -2.30. The van der Waals surface area contributed by atoms with Crippen molar-refractivity contribution >= 4 is 168 Å². The van der Waals surface area contributed by atoms with Crippen LogP contribution in [0.2, 0.25) is 0 Å². The van der Waals surface area contributed by atoms with Gasteiger partial charge in [-0.3, -0.25) is 101 Å². The second-order valence-corrected chi connectivity index (χ2v) is 38.3. The molecule has 0 spiro atoms. The molecule has 770 valence electrons. The van der Waals surface area contributed by atoms with Gasteiger partial charge < -0.3 is 126 Å². The van der Waals surface area contributed by atoms with Crippen LogP contribution in [0, 0.1) is 17.8 Å². The molecule has 0 unspecified atom stereocenters. The predicted molar refractivity (Wildman–Crippen MR) is 519 cm³/mol. The van der Waals surface area contributed by atoms with Gasteiger partial charge in [0.1, 0.15) is 90.6 Å². The summed E-state index contributed by atoms with van der Waals surface area (Å²) < 4.78 is 0. The molecule has 3 aromatic heterocycles. The maximum Gasteiger partial charge on any atom is 0.305 e. The van der Waals surface area contributed by atoms with Gasteiger partial charge in [0.2, 0.25) is 106 Å². The van der Waals surface area contributed by atoms with Crippen LogP contribution in [0.15, 0.2) is 104 Å². The van der Waals surface area contributed by atoms with Gasteiger partial charge in [-0.05, 0) is 104 Å². The number of rotatable bonds is 30. The minimum atomic E-state index is -2.04. The molecule has 5 heterocycles. The van der Waals surface area contributed by atoms with Crippen LogP contribution < -0.4 is 96.1 Å². The Hall–Kier alpha value is -14.5. The largest absolute Gasteiger partial charge is 0.481 e. The quantitative estimate of drug-likeness (QED) is 0.0185. The van der Waals surface area contributed by atoms with Crippen LogP contribution >= 0.6 is 21.6 Å². The topological polar surface area (TPSA) is 710 Å². The Kier molecular flexibility index (Phi) is 44.6. The zero-order valence-corrected chi connectivity index (χ0v) is 81.7. The van der Waals surface area contributed by atoms with Gasteiger partial charge in [-0.2, -0.15) is 0 Å². The standard InChI is InChI=1S/C94H128N22O24S2/c1-9-50(6)79-94(140)113-69(39-56-44-96-47-101-56)89(135)115-78(49(4)5)93(139)106-62(28-17-19-33-97-51(7)117)81(127)109-68(38-55-43-100-60-26-16-14-24-58(55)60)87(133)105-63(29-31-75(120)121)83(129)110-67(37-54-42-99-59-25-15-13-23-57(54)59)86(132)103-61-27-18-20-34-98-74(119)40-70(88(134)107-65(80(95)126)35-48(2)3)111-84(130)64(30-32-76(122)123)104-85(131)66(36-53-21-11-10-12-22-53)108-92(138)73(114-82(61)128)46-142-141-45-72(102-52(8)118)91(137)112-71(41-77(124)125)90(136)116-79/h10-16,21-26,42-44,47-50,61-73,78-79,99-100H,9,17-20,27-41,45-46H2,1-8H3,(H2,95,126)(H,96,101)(H,97,117)(H,98,119)(H,102,118)(H,103,132)(H,104,131)(H,105,133)(H,106,139)(H,107,134)(H,108,138)(H,109,127)(H,110,129)(H,111,130)(H,112,137)(H,113,140)(H,114,128)(H,115,135)(H,116,136)(H,120,121)(H,122,123)(H,124,125)/t50-,61-,62-,63-,64-,65-,66-,67-,68-,69-,70-,71-,72-,73-,78-,79-/m0/s1. The van der Waals surface area contributed by atoms with E-state index in [0.29, 0.717) is 38.5 Å². The fourth-order valence-corrected chi connectivity index (χ4v) is 18.1. The van der Waals surface area contributed by atoms with Crippen molar-refractivity contribution in [3.8, 4) is 0 Å². The summed E-state index contributed by atoms with van der Waals surface area (Å²) in [6, 6.07) is -4.79. The van der Waals surface area contributed by atoms with E-state index in [1.807, 2.05) is 0 Å². The normalized spacial score (nSPS) is 23.5. The average Bonchev–Trinajstić information content (AvgIpc) is 1.67. The molecule has 46 nitrogen and oxygen atoms in total. The van der Waals surface area contributed by atoms with Crippen molar-refractivity contribution in [1.29, 1.82) is 0 Å². The number of para-hydroxylation sites is 2. The number of fused-ring (bicyclic) bond motifs is 5. The molecule has 8 rings (SSSR count). The Morgan fingerprint density at radius 2 is 0.958 bits per heavy atom. The summed E-state index contributed by atoms with van der Waals surface area (Å²) >= 11 is 0. The summed E-state index contributed by atoms with van der Waals surface area (Å²) in [6.45, 7) is 11.9. The molecule has 2 saturated heterocycles. The van der Waals surface area contributed by atoms with Crippen LogP contribution in [0.25, 0.3) is 21.8 Å². The zero-order valence-electron chi connectivity index (χ0n) is 80.0. The molecule has 6 aromatic rings. The Balaban J connectivity index is 1.30. The minimum absolute atomic E-state index is 0.00836. The Morgan fingerprint density at radius 3 is 1.51 bits per heavy atom. The molecule has 3 aromatic carbocycles. The number of aliphatic carboxylic acids is 3. The van der Waals surface area contributed by atoms with Crippen molar-refractivity contribution in [2.75, 3.05) is 24.6 Å². The van der Waals surface area contributed by atoms with Crippen molar-refractivity contribution in [3.63, 3.8) is 0 Å². The molecule has 16 atom stereocenters. The number of H-pyrrole nitrogens is 3. The monoisotopic (exact) mass is 2010 g/mol. The number of primary amides is 1. The van der Waals surface area contributed by atoms with Crippen molar-refractivity contribution in [1.82, 2.24) is 110 Å². The van der Waals surface area contributed by atoms with E-state index in [9.17, 15) is 72.9 Å². The summed E-state index contributed by atoms with van der Waals surface area (Å²) in [4.78, 5) is 316. The molecule has 25 N–H and O–H groups in total. The van der Waals surface area contributed by atoms with Gasteiger partial charge in [0.15, 0.2) is 0 Å². The van der Waals surface area contributed by atoms with Gasteiger partial charge in [0.05, 0.1) is 19.2 Å². The number of carboxylic acids is 3. The SMILES string of the molecule is CC[C@H](C)[C@@H]1NC(=O)[C@H](CC(=O)O)NC(=O)[C@@H](NC(C)=O)CSSC[C@@H]2NC(=O)[C@H](CCCCNC(=O)C[C@@H](C(=O)N[C@@H](CC(C)C)C(N)=O)NC(=O)[C@H](CCC(=O)O)NC(=O)[C@H](Cc3ccccc3)NC2=O)NC(=O)[C@H](Cc2c[nH]c3ccccc23)NC(=O)[C@H](CCC(=O)O)NC(=O)[C@H](Cc2c[nH]c3ccccc23)NC(=O)[C@H](CCCCNC(C)=O)NC(=O)[C@H](C(C)C)NC(=O)[C@H](Cc2cnc[nH]2)NC1=O. The highest BCUT2D eigenvalue weighted by molar-refractivity contribution is 8.76. The highest BCUT2D eigenvalue weighted by atomic mass is 33.1. The number of carbonyl (C=O) groups is 21. The molecule has 2 aliphatic heterocycles. The van der Waals surface area contributed by atoms with E-state index >= 15 is 43.2 Å². The van der Waals surface area contributed by atoms with Gasteiger partial charge in [-0.15, -0.1) is 0 Å². The lowest BCUT2D eigenvalue weighted by molar-refractivity contribution is -0.142. The third-order valence-corrected chi connectivity index (χ3v) is 26.1. The van der Waals surface area contributed by atoms with Crippen LogP contribution in [0.1, 0.15) is 168 Å². The van der Waals surface area contributed by atoms with Crippen LogP contribution in [-0.4, -0.2) is 275 Å². The number of carbonyl (C=O) groups excluding carboxylic acids is 18. The first-order chi connectivity index (χ1) is 67.5. The van der Waals surface area contributed by atoms with Crippen molar-refractivity contribution in [2.24, 2.45) is 23.5 Å². The Morgan fingerprint density at radius 1 is 0.479 bits per heavy atom. The van der Waals surface area contributed by atoms with Crippen molar-refractivity contribution in [2.45, 2.75) is 262 Å². The first-order valence-electron chi connectivity index (χ1n) is 46.9. The number of amides is 18. The van der Waals surface area contributed by atoms with E-state index < -0.39 is 290 Å². The van der Waals surface area contributed by atoms with Gasteiger partial charge in [0.25, 0.3) is 0 Å². The molecule has 48 heteroatoms. The van der Waals surface area contributed by atoms with Crippen LogP contribution in [0.5, 0.6) is 0 Å². The second-order valence-electron chi connectivity index (χ2n) is 35.8. The number of benzene rings is 3. The number of hydrogen-bond acceptors (Lipinski definition) is 24. The molecule has 18 amide bonds. The fraction of sp³-hybridized carbons (Fsp3) is 0.511. The second kappa shape index (κ2) is 56.1. The molecule has 142 heavy (non-hydrogen) atoms. The first kappa shape index (κ1) is 113. The molecule has 0 saturated carbocycles. The summed E-state index contributed by atoms with van der Waals surface area (Å²) in [5, 5.41) is 75.9. The van der Waals surface area contributed by atoms with E-state index in [1.54, 1.807) is 120 Å². The molecular weight excluding hydrogens is 1890 g/mol. The highest BCUT2D eigenvalue weighted by Gasteiger charge is 2.42. The smallest absolute Gasteiger partial charge is 0.305 e. The van der Waals surface area contributed by atoms with Gasteiger partial charge in [-0.1, -0.05) is 136 Å². The predicted octanol–water partition coefficient (Wildman–Crippen LogP) is -1.24. The number of nitrogens with zero attached hydrogens (tertiary/aromatic N) is 1. The zero-order chi connectivity index (χ0) is 104. The maximum atomic E-state index is 15.9. The molecule has 0 radical (unpaired) electrons. The summed E-state index contributed by atoms with van der Waals surface area (Å²) in [5.41, 5.74) is 8.22. The molecule has 2 aliphatic rings. The van der Waals surface area contributed by atoms with Gasteiger partial charge in [-0.25, -0.2) is 4.98 Å². The number of unbranched alkanes of at least 4 members (excludes halogenated alkanes) is 1. The minimum Gasteiger partial charge on any atom is -0.481 e. The number of aromatic nitrogens is 4. The maximum absolute atomic E-state index is 15.9. The van der Waals surface area contributed by atoms with Crippen LogP contribution in [0.4, 0.5) is 0 Å². The summed E-state index contributed by atoms with van der Waals surface area (Å²) in [5.74, 6) is -26.5. The fourth-order valence-electron chi connectivity index (χ4n) is 15.8. The lowest BCUT2D eigenvalue weighted by atomic mass is 9.96.